The quantitative estimate of drug-likeness (QED) is 0.401. The number of hydrogen-bond acceptors (Lipinski definition) is 4. The van der Waals surface area contributed by atoms with Crippen LogP contribution in [0.1, 0.15) is 26.2 Å². The number of ether oxygens (including phenoxy) is 3. The molecule has 2 unspecified atom stereocenters. The van der Waals surface area contributed by atoms with Gasteiger partial charge >= 0.3 is 0 Å². The van der Waals surface area contributed by atoms with Gasteiger partial charge in [-0.05, 0) is 50.5 Å². The van der Waals surface area contributed by atoms with E-state index >= 15 is 0 Å². The summed E-state index contributed by atoms with van der Waals surface area (Å²) in [5.41, 5.74) is 7.12. The van der Waals surface area contributed by atoms with Crippen molar-refractivity contribution >= 4 is 35.6 Å². The average Bonchev–Trinajstić information content (AvgIpc) is 2.62. The summed E-state index contributed by atoms with van der Waals surface area (Å²) in [6, 6.07) is 7.84. The first-order valence-electron chi connectivity index (χ1n) is 8.61. The summed E-state index contributed by atoms with van der Waals surface area (Å²) in [6.45, 7) is 4.34. The number of guanidine groups is 1. The Morgan fingerprint density at radius 1 is 1.32 bits per heavy atom. The lowest BCUT2D eigenvalue weighted by Crippen LogP contribution is -2.60. The average molecular weight is 461 g/mol. The molecule has 0 bridgehead atoms. The Hall–Kier alpha value is -1.06. The Bertz CT molecular complexity index is 573. The Morgan fingerprint density at radius 3 is 2.60 bits per heavy atom. The highest BCUT2D eigenvalue weighted by molar-refractivity contribution is 14.0. The first-order chi connectivity index (χ1) is 11.7. The summed E-state index contributed by atoms with van der Waals surface area (Å²) < 4.78 is 16.6. The fourth-order valence-corrected chi connectivity index (χ4v) is 3.77. The Kier molecular flexibility index (Phi) is 7.33. The predicted molar refractivity (Wildman–Crippen MR) is 110 cm³/mol. The molecule has 2 aliphatic rings. The highest BCUT2D eigenvalue weighted by Gasteiger charge is 2.56. The monoisotopic (exact) mass is 461 g/mol. The van der Waals surface area contributed by atoms with Crippen LogP contribution in [0.15, 0.2) is 29.3 Å². The van der Waals surface area contributed by atoms with Crippen molar-refractivity contribution in [3.05, 3.63) is 24.3 Å². The van der Waals surface area contributed by atoms with E-state index in [9.17, 15) is 0 Å². The third-order valence-electron chi connectivity index (χ3n) is 5.19. The van der Waals surface area contributed by atoms with Crippen LogP contribution in [0.2, 0.25) is 0 Å². The molecule has 2 fully saturated rings. The summed E-state index contributed by atoms with van der Waals surface area (Å²) >= 11 is 0. The van der Waals surface area contributed by atoms with Crippen molar-refractivity contribution in [3.63, 3.8) is 0 Å². The highest BCUT2D eigenvalue weighted by atomic mass is 127. The molecule has 1 saturated heterocycles. The maximum atomic E-state index is 6.13. The van der Waals surface area contributed by atoms with Crippen LogP contribution in [0.4, 0.5) is 5.69 Å². The molecule has 1 saturated carbocycles. The first-order valence-corrected chi connectivity index (χ1v) is 8.61. The summed E-state index contributed by atoms with van der Waals surface area (Å²) in [4.78, 5) is 4.75. The predicted octanol–water partition coefficient (Wildman–Crippen LogP) is 3.01. The van der Waals surface area contributed by atoms with Gasteiger partial charge in [0, 0.05) is 30.9 Å². The van der Waals surface area contributed by atoms with Crippen LogP contribution in [0.5, 0.6) is 5.75 Å². The van der Waals surface area contributed by atoms with E-state index in [1.165, 1.54) is 0 Å². The van der Waals surface area contributed by atoms with Crippen molar-refractivity contribution in [1.29, 1.82) is 0 Å². The van der Waals surface area contributed by atoms with Gasteiger partial charge in [0.1, 0.15) is 5.75 Å². The molecule has 2 atom stereocenters. The summed E-state index contributed by atoms with van der Waals surface area (Å²) in [6.07, 6.45) is 3.18. The molecule has 25 heavy (non-hydrogen) atoms. The Morgan fingerprint density at radius 2 is 2.00 bits per heavy atom. The maximum Gasteiger partial charge on any atom is 0.193 e. The zero-order valence-electron chi connectivity index (χ0n) is 14.9. The van der Waals surface area contributed by atoms with Crippen molar-refractivity contribution in [3.8, 4) is 5.75 Å². The normalized spacial score (nSPS) is 25.0. The van der Waals surface area contributed by atoms with Crippen molar-refractivity contribution in [2.24, 2.45) is 16.1 Å². The van der Waals surface area contributed by atoms with Crippen molar-refractivity contribution in [2.45, 2.75) is 38.3 Å². The topological polar surface area (TPSA) is 78.1 Å². The van der Waals surface area contributed by atoms with Crippen LogP contribution >= 0.6 is 24.0 Å². The second-order valence-electron chi connectivity index (χ2n) is 6.41. The molecule has 1 aliphatic heterocycles. The summed E-state index contributed by atoms with van der Waals surface area (Å²) in [5.74, 6) is 1.27. The van der Waals surface area contributed by atoms with Crippen LogP contribution in [0, 0.1) is 5.41 Å². The van der Waals surface area contributed by atoms with E-state index in [-0.39, 0.29) is 41.5 Å². The van der Waals surface area contributed by atoms with E-state index in [1.54, 1.807) is 7.11 Å². The van der Waals surface area contributed by atoms with Gasteiger partial charge in [0.15, 0.2) is 5.96 Å². The van der Waals surface area contributed by atoms with E-state index in [0.717, 1.165) is 50.5 Å². The number of halogens is 1. The number of nitrogens with two attached hydrogens (primary N) is 1. The number of anilines is 1. The SMILES string of the molecule is CCOC1CC(N=C(N)Nc2ccc(OC)cc2)C12CCOCC2.I. The molecule has 0 amide bonds. The number of benzene rings is 1. The van der Waals surface area contributed by atoms with Crippen LogP contribution in [-0.2, 0) is 9.47 Å². The molecule has 1 spiro atoms. The van der Waals surface area contributed by atoms with E-state index in [1.807, 2.05) is 31.2 Å². The number of methoxy groups -OCH3 is 1. The summed E-state index contributed by atoms with van der Waals surface area (Å²) in [7, 11) is 1.65. The number of aliphatic imine (C=N–C) groups is 1. The third-order valence-corrected chi connectivity index (χ3v) is 5.19. The molecule has 3 rings (SSSR count). The van der Waals surface area contributed by atoms with Crippen LogP contribution in [-0.4, -0.2) is 45.0 Å². The minimum Gasteiger partial charge on any atom is -0.497 e. The largest absolute Gasteiger partial charge is 0.497 e. The second kappa shape index (κ2) is 9.05. The van der Waals surface area contributed by atoms with Crippen molar-refractivity contribution in [1.82, 2.24) is 0 Å². The standard InChI is InChI=1S/C18H27N3O3.HI/c1-3-24-16-12-15(18(16)8-10-23-11-9-18)21-17(19)20-13-4-6-14(22-2)7-5-13;/h4-7,15-16H,3,8-12H2,1-2H3,(H3,19,20,21);1H. The number of hydrogen-bond donors (Lipinski definition) is 2. The molecule has 140 valence electrons. The molecule has 1 aliphatic carbocycles. The fraction of sp³-hybridized carbons (Fsp3) is 0.611. The lowest BCUT2D eigenvalue weighted by atomic mass is 9.58. The van der Waals surface area contributed by atoms with Gasteiger partial charge in [-0.1, -0.05) is 0 Å². The van der Waals surface area contributed by atoms with E-state index in [4.69, 9.17) is 24.9 Å². The van der Waals surface area contributed by atoms with Gasteiger partial charge in [0.2, 0.25) is 0 Å². The fourth-order valence-electron chi connectivity index (χ4n) is 3.77. The third kappa shape index (κ3) is 4.38. The molecule has 0 aromatic heterocycles. The number of nitrogens with zero attached hydrogens (tertiary/aromatic N) is 1. The number of nitrogens with one attached hydrogen (secondary N) is 1. The van der Waals surface area contributed by atoms with E-state index < -0.39 is 0 Å². The summed E-state index contributed by atoms with van der Waals surface area (Å²) in [5, 5.41) is 3.16. The van der Waals surface area contributed by atoms with Crippen LogP contribution in [0.25, 0.3) is 0 Å². The van der Waals surface area contributed by atoms with Gasteiger partial charge in [-0.15, -0.1) is 24.0 Å². The molecule has 1 aromatic carbocycles. The molecule has 1 heterocycles. The van der Waals surface area contributed by atoms with Crippen molar-refractivity contribution in [2.75, 3.05) is 32.2 Å². The zero-order valence-corrected chi connectivity index (χ0v) is 17.2. The minimum absolute atomic E-state index is 0. The van der Waals surface area contributed by atoms with E-state index in [0.29, 0.717) is 5.96 Å². The number of rotatable bonds is 5. The Labute approximate surface area is 166 Å². The lowest BCUT2D eigenvalue weighted by Gasteiger charge is -2.55. The molecular weight excluding hydrogens is 433 g/mol. The molecule has 7 heteroatoms. The van der Waals surface area contributed by atoms with Crippen molar-refractivity contribution < 1.29 is 14.2 Å². The van der Waals surface area contributed by atoms with Gasteiger partial charge in [0.05, 0.1) is 19.3 Å². The van der Waals surface area contributed by atoms with E-state index in [2.05, 4.69) is 5.32 Å². The zero-order chi connectivity index (χ0) is 17.0. The van der Waals surface area contributed by atoms with Crippen LogP contribution in [0.3, 0.4) is 0 Å². The molecule has 6 nitrogen and oxygen atoms in total. The van der Waals surface area contributed by atoms with Gasteiger partial charge in [0.25, 0.3) is 0 Å². The second-order valence-corrected chi connectivity index (χ2v) is 6.41. The maximum absolute atomic E-state index is 6.13. The molecule has 3 N–H and O–H groups in total. The van der Waals surface area contributed by atoms with Gasteiger partial charge < -0.3 is 25.3 Å². The van der Waals surface area contributed by atoms with Gasteiger partial charge in [-0.2, -0.15) is 0 Å². The van der Waals surface area contributed by atoms with Crippen LogP contribution < -0.4 is 15.8 Å². The Balaban J connectivity index is 0.00000225. The molecule has 0 radical (unpaired) electrons. The highest BCUT2D eigenvalue weighted by Crippen LogP contribution is 2.52. The molecule has 1 aromatic rings. The van der Waals surface area contributed by atoms with Gasteiger partial charge in [-0.3, -0.25) is 0 Å². The van der Waals surface area contributed by atoms with Gasteiger partial charge in [-0.25, -0.2) is 4.99 Å². The smallest absolute Gasteiger partial charge is 0.193 e. The first kappa shape index (κ1) is 20.3. The lowest BCUT2D eigenvalue weighted by molar-refractivity contribution is -0.163. The minimum atomic E-state index is 0. The molecular formula is C18H28IN3O3.